The standard InChI is InChI=1S/C19H11FI2N2O2S/c1-2-7-26-17-14(21)8-11(9-15(17)22)10-16-18(25)24-19(27-16)23-13-5-3-12(20)4-6-13/h1,3-6,8-10H,7H2,(H,23,24,25)/b16-10+. The first kappa shape index (κ1) is 20.2. The molecule has 27 heavy (non-hydrogen) atoms. The lowest BCUT2D eigenvalue weighted by Crippen LogP contribution is -2.19. The average molecular weight is 604 g/mol. The summed E-state index contributed by atoms with van der Waals surface area (Å²) in [6, 6.07) is 9.60. The molecule has 0 radical (unpaired) electrons. The molecule has 0 aliphatic carbocycles. The molecule has 0 spiro atoms. The summed E-state index contributed by atoms with van der Waals surface area (Å²) in [5.41, 5.74) is 1.44. The van der Waals surface area contributed by atoms with Gasteiger partial charge in [-0.25, -0.2) is 9.38 Å². The van der Waals surface area contributed by atoms with E-state index in [0.717, 1.165) is 18.5 Å². The number of carbonyl (C=O) groups excluding carboxylic acids is 1. The first-order valence-electron chi connectivity index (χ1n) is 7.56. The third kappa shape index (κ3) is 5.24. The zero-order valence-electron chi connectivity index (χ0n) is 13.6. The number of nitrogens with one attached hydrogen (secondary N) is 1. The highest BCUT2D eigenvalue weighted by atomic mass is 127. The van der Waals surface area contributed by atoms with Crippen molar-refractivity contribution in [2.75, 3.05) is 6.61 Å². The SMILES string of the molecule is C#CCOc1c(I)cc(/C=C2/SC(=Nc3ccc(F)cc3)NC2=O)cc1I. The fraction of sp³-hybridized carbons (Fsp3) is 0.0526. The van der Waals surface area contributed by atoms with Crippen LogP contribution in [0.5, 0.6) is 5.75 Å². The second kappa shape index (κ2) is 9.07. The van der Waals surface area contributed by atoms with Crippen molar-refractivity contribution in [3.63, 3.8) is 0 Å². The van der Waals surface area contributed by atoms with E-state index in [4.69, 9.17) is 11.2 Å². The first-order valence-corrected chi connectivity index (χ1v) is 10.5. The molecule has 8 heteroatoms. The maximum Gasteiger partial charge on any atom is 0.264 e. The van der Waals surface area contributed by atoms with Crippen molar-refractivity contribution >= 4 is 79.8 Å². The van der Waals surface area contributed by atoms with Gasteiger partial charge in [-0.1, -0.05) is 5.92 Å². The predicted molar refractivity (Wildman–Crippen MR) is 123 cm³/mol. The number of amidine groups is 1. The summed E-state index contributed by atoms with van der Waals surface area (Å²) in [4.78, 5) is 17.1. The van der Waals surface area contributed by atoms with Crippen molar-refractivity contribution in [1.29, 1.82) is 0 Å². The topological polar surface area (TPSA) is 50.7 Å². The number of benzene rings is 2. The van der Waals surface area contributed by atoms with Crippen LogP contribution in [0, 0.1) is 25.3 Å². The summed E-state index contributed by atoms with van der Waals surface area (Å²) in [7, 11) is 0. The van der Waals surface area contributed by atoms with Crippen LogP contribution in [0.25, 0.3) is 6.08 Å². The van der Waals surface area contributed by atoms with Crippen LogP contribution in [0.15, 0.2) is 46.3 Å². The van der Waals surface area contributed by atoms with E-state index in [1.54, 1.807) is 18.2 Å². The lowest BCUT2D eigenvalue weighted by molar-refractivity contribution is -0.115. The second-order valence-electron chi connectivity index (χ2n) is 5.26. The Morgan fingerprint density at radius 3 is 2.56 bits per heavy atom. The number of hydrogen-bond acceptors (Lipinski definition) is 4. The molecule has 0 unspecified atom stereocenters. The summed E-state index contributed by atoms with van der Waals surface area (Å²) in [6.45, 7) is 0.202. The summed E-state index contributed by atoms with van der Waals surface area (Å²) in [6.07, 6.45) is 7.03. The van der Waals surface area contributed by atoms with E-state index in [0.29, 0.717) is 15.8 Å². The summed E-state index contributed by atoms with van der Waals surface area (Å²) < 4.78 is 20.3. The normalized spacial score (nSPS) is 16.4. The number of halogens is 3. The van der Waals surface area contributed by atoms with Crippen LogP contribution in [0.4, 0.5) is 10.1 Å². The zero-order chi connectivity index (χ0) is 19.4. The Labute approximate surface area is 187 Å². The van der Waals surface area contributed by atoms with E-state index in [1.165, 1.54) is 23.9 Å². The van der Waals surface area contributed by atoms with Crippen LogP contribution in [0.2, 0.25) is 0 Å². The molecule has 136 valence electrons. The minimum Gasteiger partial charge on any atom is -0.479 e. The molecule has 2 aromatic carbocycles. The molecule has 4 nitrogen and oxygen atoms in total. The van der Waals surface area contributed by atoms with E-state index < -0.39 is 0 Å². The highest BCUT2D eigenvalue weighted by Gasteiger charge is 2.24. The Bertz CT molecular complexity index is 975. The fourth-order valence-electron chi connectivity index (χ4n) is 2.18. The number of aliphatic imine (C=N–C) groups is 1. The Kier molecular flexibility index (Phi) is 6.78. The summed E-state index contributed by atoms with van der Waals surface area (Å²) >= 11 is 5.59. The summed E-state index contributed by atoms with van der Waals surface area (Å²) in [5, 5.41) is 3.17. The number of terminal acetylenes is 1. The lowest BCUT2D eigenvalue weighted by atomic mass is 10.2. The molecule has 0 atom stereocenters. The number of rotatable bonds is 4. The van der Waals surface area contributed by atoms with Gasteiger partial charge in [0, 0.05) is 0 Å². The Morgan fingerprint density at radius 2 is 1.93 bits per heavy atom. The maximum absolute atomic E-state index is 13.0. The van der Waals surface area contributed by atoms with Crippen LogP contribution in [0.1, 0.15) is 5.56 Å². The average Bonchev–Trinajstić information content (AvgIpc) is 2.95. The van der Waals surface area contributed by atoms with Gasteiger partial charge in [0.15, 0.2) is 5.17 Å². The lowest BCUT2D eigenvalue weighted by Gasteiger charge is -2.09. The molecule has 1 N–H and O–H groups in total. The Hall–Kier alpha value is -1.58. The van der Waals surface area contributed by atoms with E-state index >= 15 is 0 Å². The largest absolute Gasteiger partial charge is 0.479 e. The summed E-state index contributed by atoms with van der Waals surface area (Å²) in [5.74, 6) is 2.63. The molecule has 3 rings (SSSR count). The molecule has 1 aliphatic heterocycles. The molecule has 0 aromatic heterocycles. The molecule has 0 saturated carbocycles. The zero-order valence-corrected chi connectivity index (χ0v) is 18.8. The van der Waals surface area contributed by atoms with Gasteiger partial charge in [-0.05, 0) is 105 Å². The molecule has 1 fully saturated rings. The van der Waals surface area contributed by atoms with Crippen molar-refractivity contribution in [2.45, 2.75) is 0 Å². The second-order valence-corrected chi connectivity index (χ2v) is 8.62. The van der Waals surface area contributed by atoms with Crippen molar-refractivity contribution in [1.82, 2.24) is 5.32 Å². The van der Waals surface area contributed by atoms with Gasteiger partial charge in [0.2, 0.25) is 0 Å². The number of amides is 1. The molecular weight excluding hydrogens is 593 g/mol. The van der Waals surface area contributed by atoms with Crippen LogP contribution in [0.3, 0.4) is 0 Å². The molecule has 1 saturated heterocycles. The maximum atomic E-state index is 13.0. The van der Waals surface area contributed by atoms with Gasteiger partial charge in [-0.2, -0.15) is 0 Å². The minimum atomic E-state index is -0.332. The first-order chi connectivity index (χ1) is 13.0. The van der Waals surface area contributed by atoms with E-state index in [2.05, 4.69) is 61.4 Å². The number of carbonyl (C=O) groups is 1. The van der Waals surface area contributed by atoms with Crippen molar-refractivity contribution in [3.05, 3.63) is 59.8 Å². The van der Waals surface area contributed by atoms with Gasteiger partial charge in [0.05, 0.1) is 17.7 Å². The molecule has 1 amide bonds. The van der Waals surface area contributed by atoms with E-state index in [9.17, 15) is 9.18 Å². The number of nitrogens with zero attached hydrogens (tertiary/aromatic N) is 1. The minimum absolute atomic E-state index is 0.202. The smallest absolute Gasteiger partial charge is 0.264 e. The van der Waals surface area contributed by atoms with Gasteiger partial charge >= 0.3 is 0 Å². The van der Waals surface area contributed by atoms with Crippen molar-refractivity contribution < 1.29 is 13.9 Å². The third-order valence-electron chi connectivity index (χ3n) is 3.33. The van der Waals surface area contributed by atoms with Crippen LogP contribution in [-0.4, -0.2) is 17.7 Å². The number of ether oxygens (including phenoxy) is 1. The van der Waals surface area contributed by atoms with Gasteiger partial charge in [0.1, 0.15) is 18.2 Å². The van der Waals surface area contributed by atoms with Crippen LogP contribution < -0.4 is 10.1 Å². The molecule has 1 heterocycles. The van der Waals surface area contributed by atoms with Gasteiger partial charge in [-0.15, -0.1) is 6.42 Å². The molecular formula is C19H11FI2N2O2S. The quantitative estimate of drug-likeness (QED) is 0.306. The van der Waals surface area contributed by atoms with Crippen molar-refractivity contribution in [2.24, 2.45) is 4.99 Å². The molecule has 1 aliphatic rings. The van der Waals surface area contributed by atoms with Gasteiger partial charge in [-0.3, -0.25) is 4.79 Å². The van der Waals surface area contributed by atoms with E-state index in [1.807, 2.05) is 12.1 Å². The Balaban J connectivity index is 1.82. The predicted octanol–water partition coefficient (Wildman–Crippen LogP) is 4.94. The molecule has 0 bridgehead atoms. The monoisotopic (exact) mass is 604 g/mol. The van der Waals surface area contributed by atoms with Gasteiger partial charge < -0.3 is 10.1 Å². The number of thioether (sulfide) groups is 1. The third-order valence-corrected chi connectivity index (χ3v) is 5.84. The highest BCUT2D eigenvalue weighted by molar-refractivity contribution is 14.1. The highest BCUT2D eigenvalue weighted by Crippen LogP contribution is 2.32. The van der Waals surface area contributed by atoms with Crippen molar-refractivity contribution in [3.8, 4) is 18.1 Å². The van der Waals surface area contributed by atoms with Crippen LogP contribution in [-0.2, 0) is 4.79 Å². The number of hydrogen-bond donors (Lipinski definition) is 1. The van der Waals surface area contributed by atoms with Crippen LogP contribution >= 0.6 is 56.9 Å². The van der Waals surface area contributed by atoms with Gasteiger partial charge in [0.25, 0.3) is 5.91 Å². The Morgan fingerprint density at radius 1 is 1.26 bits per heavy atom. The molecule has 2 aromatic rings. The fourth-order valence-corrected chi connectivity index (χ4v) is 5.15. The van der Waals surface area contributed by atoms with E-state index in [-0.39, 0.29) is 18.3 Å².